The Morgan fingerprint density at radius 3 is 2.34 bits per heavy atom. The first-order valence-electron chi connectivity index (χ1n) is 14.1. The number of ketones is 1. The van der Waals surface area contributed by atoms with Crippen LogP contribution in [0.15, 0.2) is 11.6 Å². The zero-order chi connectivity index (χ0) is 22.5. The maximum Gasteiger partial charge on any atom is 0.306 e. The summed E-state index contributed by atoms with van der Waals surface area (Å²) < 4.78 is 6.07. The van der Waals surface area contributed by atoms with Gasteiger partial charge < -0.3 is 4.74 Å². The number of esters is 1. The van der Waals surface area contributed by atoms with Gasteiger partial charge in [-0.1, -0.05) is 57.9 Å². The average molecular weight is 443 g/mol. The SMILES string of the molecule is CCCCCCCCCC(=O)O[C@H]1CC[C@H]2[C@@H]3CCC4=CC(=O)C(CC)C[C@@H]4[C@H]3CC[C@@H]21. The minimum absolute atomic E-state index is 0.0526. The maximum atomic E-state index is 12.5. The van der Waals surface area contributed by atoms with Crippen LogP contribution in [-0.2, 0) is 14.3 Å². The second kappa shape index (κ2) is 11.3. The largest absolute Gasteiger partial charge is 0.462 e. The molecule has 0 aromatic rings. The fourth-order valence-corrected chi connectivity index (χ4v) is 7.83. The van der Waals surface area contributed by atoms with E-state index >= 15 is 0 Å². The highest BCUT2D eigenvalue weighted by atomic mass is 16.5. The van der Waals surface area contributed by atoms with Gasteiger partial charge in [-0.3, -0.25) is 9.59 Å². The van der Waals surface area contributed by atoms with Gasteiger partial charge in [-0.2, -0.15) is 0 Å². The van der Waals surface area contributed by atoms with Gasteiger partial charge in [0.1, 0.15) is 6.10 Å². The molecule has 0 saturated heterocycles. The number of hydrogen-bond acceptors (Lipinski definition) is 3. The van der Waals surface area contributed by atoms with E-state index in [1.807, 2.05) is 6.08 Å². The van der Waals surface area contributed by atoms with E-state index in [-0.39, 0.29) is 18.0 Å². The quantitative estimate of drug-likeness (QED) is 0.261. The van der Waals surface area contributed by atoms with Crippen molar-refractivity contribution in [1.82, 2.24) is 0 Å². The molecule has 3 fully saturated rings. The third-order valence-corrected chi connectivity index (χ3v) is 9.53. The minimum atomic E-state index is 0.0526. The number of carbonyl (C=O) groups excluding carboxylic acids is 2. The van der Waals surface area contributed by atoms with E-state index in [4.69, 9.17) is 4.74 Å². The highest BCUT2D eigenvalue weighted by Gasteiger charge is 2.51. The Labute approximate surface area is 196 Å². The Hall–Kier alpha value is -1.12. The molecular formula is C29H46O3. The lowest BCUT2D eigenvalue weighted by Crippen LogP contribution is -2.44. The van der Waals surface area contributed by atoms with E-state index in [0.717, 1.165) is 56.3 Å². The number of fused-ring (bicyclic) bond motifs is 5. The molecule has 0 aromatic carbocycles. The fourth-order valence-electron chi connectivity index (χ4n) is 7.83. The van der Waals surface area contributed by atoms with E-state index in [0.29, 0.717) is 24.0 Å². The van der Waals surface area contributed by atoms with E-state index in [2.05, 4.69) is 13.8 Å². The van der Waals surface area contributed by atoms with Crippen molar-refractivity contribution in [3.63, 3.8) is 0 Å². The second-order valence-electron chi connectivity index (χ2n) is 11.3. The highest BCUT2D eigenvalue weighted by molar-refractivity contribution is 5.93. The van der Waals surface area contributed by atoms with Gasteiger partial charge in [0.25, 0.3) is 0 Å². The maximum absolute atomic E-state index is 12.5. The van der Waals surface area contributed by atoms with Crippen LogP contribution in [0, 0.1) is 35.5 Å². The molecule has 0 aromatic heterocycles. The summed E-state index contributed by atoms with van der Waals surface area (Å²) in [7, 11) is 0. The Bertz CT molecular complexity index is 680. The Balaban J connectivity index is 1.25. The number of allylic oxidation sites excluding steroid dienone is 1. The van der Waals surface area contributed by atoms with E-state index in [1.165, 1.54) is 63.4 Å². The monoisotopic (exact) mass is 442 g/mol. The van der Waals surface area contributed by atoms with Gasteiger partial charge in [-0.05, 0) is 93.5 Å². The van der Waals surface area contributed by atoms with Crippen molar-refractivity contribution in [1.29, 1.82) is 0 Å². The van der Waals surface area contributed by atoms with Crippen molar-refractivity contribution in [3.05, 3.63) is 11.6 Å². The van der Waals surface area contributed by atoms with Crippen LogP contribution in [0.25, 0.3) is 0 Å². The first-order valence-corrected chi connectivity index (χ1v) is 14.1. The van der Waals surface area contributed by atoms with Crippen LogP contribution in [0.1, 0.15) is 117 Å². The number of carbonyl (C=O) groups is 2. The summed E-state index contributed by atoms with van der Waals surface area (Å²) in [5, 5.41) is 0. The summed E-state index contributed by atoms with van der Waals surface area (Å²) in [6.07, 6.45) is 20.7. The molecule has 180 valence electrons. The smallest absolute Gasteiger partial charge is 0.306 e. The van der Waals surface area contributed by atoms with Gasteiger partial charge >= 0.3 is 5.97 Å². The predicted molar refractivity (Wildman–Crippen MR) is 129 cm³/mol. The second-order valence-corrected chi connectivity index (χ2v) is 11.3. The van der Waals surface area contributed by atoms with Crippen LogP contribution in [0.4, 0.5) is 0 Å². The topological polar surface area (TPSA) is 43.4 Å². The molecule has 4 aliphatic carbocycles. The van der Waals surface area contributed by atoms with Crippen molar-refractivity contribution < 1.29 is 14.3 Å². The van der Waals surface area contributed by atoms with Crippen LogP contribution in [0.5, 0.6) is 0 Å². The van der Waals surface area contributed by atoms with Crippen LogP contribution >= 0.6 is 0 Å². The number of rotatable bonds is 10. The van der Waals surface area contributed by atoms with Gasteiger partial charge in [0.2, 0.25) is 0 Å². The molecule has 0 spiro atoms. The molecule has 0 radical (unpaired) electrons. The summed E-state index contributed by atoms with van der Waals surface area (Å²) >= 11 is 0. The molecule has 3 nitrogen and oxygen atoms in total. The lowest BCUT2D eigenvalue weighted by atomic mass is 9.55. The van der Waals surface area contributed by atoms with Gasteiger partial charge in [-0.15, -0.1) is 0 Å². The molecule has 3 heteroatoms. The Kier molecular flexibility index (Phi) is 8.51. The standard InChI is InChI=1S/C29H46O3/c1-3-5-6-7-8-9-10-11-29(31)32-28-17-16-23-22-13-12-21-19-27(30)20(4-2)18-26(21)24(22)14-15-25(23)28/h19-20,22-26,28H,3-18H2,1-2H3/t20?,22-,23-,24-,25-,26-,28-/m0/s1. The van der Waals surface area contributed by atoms with Gasteiger partial charge in [0, 0.05) is 12.3 Å². The molecule has 0 aliphatic heterocycles. The Morgan fingerprint density at radius 2 is 1.56 bits per heavy atom. The first-order chi connectivity index (χ1) is 15.6. The number of ether oxygens (including phenoxy) is 1. The molecule has 4 aliphatic rings. The third kappa shape index (κ3) is 5.33. The van der Waals surface area contributed by atoms with Crippen molar-refractivity contribution in [3.8, 4) is 0 Å². The summed E-state index contributed by atoms with van der Waals surface area (Å²) in [5.74, 6) is 4.22. The molecule has 0 amide bonds. The average Bonchev–Trinajstić information content (AvgIpc) is 3.20. The zero-order valence-corrected chi connectivity index (χ0v) is 20.7. The zero-order valence-electron chi connectivity index (χ0n) is 20.7. The van der Waals surface area contributed by atoms with E-state index < -0.39 is 0 Å². The molecule has 0 heterocycles. The van der Waals surface area contributed by atoms with Gasteiger partial charge in [-0.25, -0.2) is 0 Å². The molecule has 4 rings (SSSR count). The molecular weight excluding hydrogens is 396 g/mol. The fraction of sp³-hybridized carbons (Fsp3) is 0.862. The minimum Gasteiger partial charge on any atom is -0.462 e. The van der Waals surface area contributed by atoms with Crippen molar-refractivity contribution in [2.45, 2.75) is 123 Å². The summed E-state index contributed by atoms with van der Waals surface area (Å²) in [4.78, 5) is 24.9. The van der Waals surface area contributed by atoms with E-state index in [1.54, 1.807) is 0 Å². The normalized spacial score (nSPS) is 36.1. The van der Waals surface area contributed by atoms with E-state index in [9.17, 15) is 9.59 Å². The summed E-state index contributed by atoms with van der Waals surface area (Å²) in [6, 6.07) is 0. The third-order valence-electron chi connectivity index (χ3n) is 9.53. The molecule has 7 atom stereocenters. The molecule has 3 saturated carbocycles. The van der Waals surface area contributed by atoms with Crippen LogP contribution in [0.3, 0.4) is 0 Å². The van der Waals surface area contributed by atoms with Crippen LogP contribution in [0.2, 0.25) is 0 Å². The lowest BCUT2D eigenvalue weighted by Gasteiger charge is -2.50. The molecule has 0 N–H and O–H groups in total. The van der Waals surface area contributed by atoms with Crippen LogP contribution in [-0.4, -0.2) is 17.9 Å². The van der Waals surface area contributed by atoms with Crippen LogP contribution < -0.4 is 0 Å². The molecule has 1 unspecified atom stereocenters. The van der Waals surface area contributed by atoms with Gasteiger partial charge in [0.15, 0.2) is 5.78 Å². The first kappa shape index (κ1) is 24.0. The summed E-state index contributed by atoms with van der Waals surface area (Å²) in [5.41, 5.74) is 1.47. The predicted octanol–water partition coefficient (Wildman–Crippen LogP) is 7.43. The molecule has 0 bridgehead atoms. The van der Waals surface area contributed by atoms with Crippen molar-refractivity contribution in [2.75, 3.05) is 0 Å². The lowest BCUT2D eigenvalue weighted by molar-refractivity contribution is -0.152. The molecule has 32 heavy (non-hydrogen) atoms. The highest BCUT2D eigenvalue weighted by Crippen LogP contribution is 2.57. The Morgan fingerprint density at radius 1 is 0.875 bits per heavy atom. The number of unbranched alkanes of at least 4 members (excludes halogenated alkanes) is 6. The van der Waals surface area contributed by atoms with Crippen molar-refractivity contribution >= 4 is 11.8 Å². The van der Waals surface area contributed by atoms with Gasteiger partial charge in [0.05, 0.1) is 0 Å². The van der Waals surface area contributed by atoms with Crippen molar-refractivity contribution in [2.24, 2.45) is 35.5 Å². The summed E-state index contributed by atoms with van der Waals surface area (Å²) in [6.45, 7) is 4.42. The number of hydrogen-bond donors (Lipinski definition) is 0.